The van der Waals surface area contributed by atoms with Gasteiger partial charge in [0, 0.05) is 43.9 Å². The zero-order valence-electron chi connectivity index (χ0n) is 15.5. The van der Waals surface area contributed by atoms with Crippen molar-refractivity contribution in [1.82, 2.24) is 19.1 Å². The minimum absolute atomic E-state index is 0.0103. The molecule has 1 aromatic carbocycles. The zero-order valence-corrected chi connectivity index (χ0v) is 16.3. The second-order valence-electron chi connectivity index (χ2n) is 6.53. The fraction of sp³-hybridized carbons (Fsp3) is 0.333. The number of hydrogen-bond donors (Lipinski definition) is 0. The smallest absolute Gasteiger partial charge is 0.246 e. The first-order chi connectivity index (χ1) is 13.9. The topological polar surface area (TPSA) is 90.5 Å². The third-order valence-corrected chi connectivity index (χ3v) is 6.67. The summed E-state index contributed by atoms with van der Waals surface area (Å²) in [7, 11) is -2.58. The third-order valence-electron chi connectivity index (χ3n) is 4.79. The lowest BCUT2D eigenvalue weighted by Gasteiger charge is -2.27. The lowest BCUT2D eigenvalue weighted by Crippen LogP contribution is -2.37. The van der Waals surface area contributed by atoms with Crippen LogP contribution in [0.4, 0.5) is 8.78 Å². The predicted molar refractivity (Wildman–Crippen MR) is 97.3 cm³/mol. The highest BCUT2D eigenvalue weighted by molar-refractivity contribution is 7.89. The molecule has 1 aliphatic heterocycles. The Kier molecular flexibility index (Phi) is 5.19. The molecule has 11 heteroatoms. The number of fused-ring (bicyclic) bond motifs is 1. The molecule has 154 valence electrons. The van der Waals surface area contributed by atoms with Gasteiger partial charge in [0.15, 0.2) is 6.39 Å². The SMILES string of the molecule is COCCn1nc(-c2cocn2)c2c1CCN(S(=O)(=O)c1ccc(F)cc1F)C2. The van der Waals surface area contributed by atoms with Gasteiger partial charge in [-0.3, -0.25) is 4.68 Å². The van der Waals surface area contributed by atoms with Crippen molar-refractivity contribution in [2.24, 2.45) is 0 Å². The van der Waals surface area contributed by atoms with Crippen LogP contribution < -0.4 is 0 Å². The Balaban J connectivity index is 1.73. The Morgan fingerprint density at radius 1 is 1.31 bits per heavy atom. The standard InChI is InChI=1S/C18H18F2N4O4S/c1-27-7-6-24-16-4-5-23(9-13(16)18(22-24)15-10-28-11-21-15)29(25,26)17-3-2-12(19)8-14(17)20/h2-3,8,10-11H,4-7,9H2,1H3. The van der Waals surface area contributed by atoms with Gasteiger partial charge in [-0.25, -0.2) is 22.2 Å². The maximum Gasteiger partial charge on any atom is 0.246 e. The normalized spacial score (nSPS) is 14.9. The monoisotopic (exact) mass is 424 g/mol. The van der Waals surface area contributed by atoms with E-state index in [-0.39, 0.29) is 13.1 Å². The van der Waals surface area contributed by atoms with Crippen LogP contribution in [0.25, 0.3) is 11.4 Å². The number of benzene rings is 1. The number of rotatable bonds is 6. The molecule has 3 heterocycles. The van der Waals surface area contributed by atoms with Crippen LogP contribution in [0.15, 0.2) is 40.2 Å². The molecule has 0 unspecified atom stereocenters. The lowest BCUT2D eigenvalue weighted by molar-refractivity contribution is 0.182. The minimum Gasteiger partial charge on any atom is -0.451 e. The quantitative estimate of drug-likeness (QED) is 0.603. The molecular weight excluding hydrogens is 406 g/mol. The number of methoxy groups -OCH3 is 1. The van der Waals surface area contributed by atoms with E-state index in [1.54, 1.807) is 11.8 Å². The Hall–Kier alpha value is -2.63. The zero-order chi connectivity index (χ0) is 20.6. The summed E-state index contributed by atoms with van der Waals surface area (Å²) in [6, 6.07) is 2.43. The van der Waals surface area contributed by atoms with E-state index in [0.717, 1.165) is 22.1 Å². The maximum atomic E-state index is 14.1. The molecule has 0 aliphatic carbocycles. The first-order valence-electron chi connectivity index (χ1n) is 8.83. The summed E-state index contributed by atoms with van der Waals surface area (Å²) >= 11 is 0. The molecule has 0 saturated carbocycles. The Bertz CT molecular complexity index is 1130. The van der Waals surface area contributed by atoms with Crippen molar-refractivity contribution in [1.29, 1.82) is 0 Å². The number of halogens is 2. The molecule has 4 rings (SSSR count). The van der Waals surface area contributed by atoms with Gasteiger partial charge in [-0.15, -0.1) is 0 Å². The second kappa shape index (κ2) is 7.65. The van der Waals surface area contributed by atoms with Crippen LogP contribution in [-0.2, 0) is 34.3 Å². The molecule has 8 nitrogen and oxygen atoms in total. The third kappa shape index (κ3) is 3.56. The van der Waals surface area contributed by atoms with Crippen LogP contribution in [-0.4, -0.2) is 47.7 Å². The van der Waals surface area contributed by atoms with Crippen molar-refractivity contribution in [3.63, 3.8) is 0 Å². The molecular formula is C18H18F2N4O4S. The predicted octanol–water partition coefficient (Wildman–Crippen LogP) is 2.21. The molecule has 1 aliphatic rings. The Morgan fingerprint density at radius 2 is 2.14 bits per heavy atom. The van der Waals surface area contributed by atoms with Gasteiger partial charge >= 0.3 is 0 Å². The van der Waals surface area contributed by atoms with E-state index in [9.17, 15) is 17.2 Å². The van der Waals surface area contributed by atoms with Gasteiger partial charge < -0.3 is 9.15 Å². The van der Waals surface area contributed by atoms with Crippen molar-refractivity contribution in [3.8, 4) is 11.4 Å². The second-order valence-corrected chi connectivity index (χ2v) is 8.43. The van der Waals surface area contributed by atoms with Crippen molar-refractivity contribution in [2.45, 2.75) is 24.4 Å². The number of aromatic nitrogens is 3. The number of hydrogen-bond acceptors (Lipinski definition) is 6. The summed E-state index contributed by atoms with van der Waals surface area (Å²) < 4.78 is 66.4. The molecule has 0 radical (unpaired) electrons. The average Bonchev–Trinajstić information content (AvgIpc) is 3.33. The lowest BCUT2D eigenvalue weighted by atomic mass is 10.1. The summed E-state index contributed by atoms with van der Waals surface area (Å²) in [4.78, 5) is 3.56. The molecule has 3 aromatic rings. The van der Waals surface area contributed by atoms with Crippen molar-refractivity contribution in [3.05, 3.63) is 53.7 Å². The van der Waals surface area contributed by atoms with Gasteiger partial charge in [-0.2, -0.15) is 9.40 Å². The molecule has 0 atom stereocenters. The first kappa shape index (κ1) is 19.7. The average molecular weight is 424 g/mol. The van der Waals surface area contributed by atoms with Crippen molar-refractivity contribution in [2.75, 3.05) is 20.3 Å². The molecule has 0 fully saturated rings. The fourth-order valence-electron chi connectivity index (χ4n) is 3.39. The van der Waals surface area contributed by atoms with Crippen LogP contribution in [0, 0.1) is 11.6 Å². The van der Waals surface area contributed by atoms with Gasteiger partial charge in [0.05, 0.1) is 13.2 Å². The van der Waals surface area contributed by atoms with Gasteiger partial charge in [0.1, 0.15) is 34.2 Å². The van der Waals surface area contributed by atoms with Gasteiger partial charge in [-0.05, 0) is 12.1 Å². The summed E-state index contributed by atoms with van der Waals surface area (Å²) in [6.07, 6.45) is 3.07. The molecule has 2 aromatic heterocycles. The minimum atomic E-state index is -4.16. The van der Waals surface area contributed by atoms with E-state index >= 15 is 0 Å². The highest BCUT2D eigenvalue weighted by atomic mass is 32.2. The van der Waals surface area contributed by atoms with Crippen molar-refractivity contribution < 1.29 is 26.4 Å². The molecule has 0 amide bonds. The number of nitrogens with zero attached hydrogens (tertiary/aromatic N) is 4. The fourth-order valence-corrected chi connectivity index (χ4v) is 4.85. The maximum absolute atomic E-state index is 14.1. The van der Waals surface area contributed by atoms with Crippen LogP contribution >= 0.6 is 0 Å². The summed E-state index contributed by atoms with van der Waals surface area (Å²) in [5, 5.41) is 4.56. The van der Waals surface area contributed by atoms with E-state index in [1.807, 2.05) is 0 Å². The molecule has 0 bridgehead atoms. The summed E-state index contributed by atoms with van der Waals surface area (Å²) in [5.74, 6) is -1.96. The number of oxazole rings is 1. The van der Waals surface area contributed by atoms with E-state index < -0.39 is 26.6 Å². The summed E-state index contributed by atoms with van der Waals surface area (Å²) in [6.45, 7) is 1.07. The molecule has 0 spiro atoms. The van der Waals surface area contributed by atoms with Crippen LogP contribution in [0.3, 0.4) is 0 Å². The molecule has 0 N–H and O–H groups in total. The van der Waals surface area contributed by atoms with Gasteiger partial charge in [0.25, 0.3) is 0 Å². The number of sulfonamides is 1. The highest BCUT2D eigenvalue weighted by Gasteiger charge is 2.34. The Morgan fingerprint density at radius 3 is 2.83 bits per heavy atom. The van der Waals surface area contributed by atoms with E-state index in [1.165, 1.54) is 12.7 Å². The largest absolute Gasteiger partial charge is 0.451 e. The van der Waals surface area contributed by atoms with Gasteiger partial charge in [-0.1, -0.05) is 0 Å². The first-order valence-corrected chi connectivity index (χ1v) is 10.3. The molecule has 29 heavy (non-hydrogen) atoms. The number of ether oxygens (including phenoxy) is 1. The van der Waals surface area contributed by atoms with Crippen LogP contribution in [0.2, 0.25) is 0 Å². The summed E-state index contributed by atoms with van der Waals surface area (Å²) in [5.41, 5.74) is 2.52. The Labute approximate surface area is 165 Å². The van der Waals surface area contributed by atoms with E-state index in [2.05, 4.69) is 10.1 Å². The van der Waals surface area contributed by atoms with E-state index in [4.69, 9.17) is 9.15 Å². The van der Waals surface area contributed by atoms with Crippen LogP contribution in [0.5, 0.6) is 0 Å². The van der Waals surface area contributed by atoms with Crippen molar-refractivity contribution >= 4 is 10.0 Å². The van der Waals surface area contributed by atoms with E-state index in [0.29, 0.717) is 42.6 Å². The van der Waals surface area contributed by atoms with Crippen LogP contribution in [0.1, 0.15) is 11.3 Å². The van der Waals surface area contributed by atoms with Gasteiger partial charge in [0.2, 0.25) is 10.0 Å². The highest BCUT2D eigenvalue weighted by Crippen LogP contribution is 2.32. The molecule has 0 saturated heterocycles.